The molecule has 0 bridgehead atoms. The third-order valence-electron chi connectivity index (χ3n) is 2.09. The fourth-order valence-corrected chi connectivity index (χ4v) is 2.25. The van der Waals surface area contributed by atoms with Crippen LogP contribution in [-0.2, 0) is 29.4 Å². The fourth-order valence-electron chi connectivity index (χ4n) is 1.38. The molecule has 2 aliphatic rings. The number of nitrogens with one attached hydrogen (secondary N) is 2. The molecule has 2 N–H and O–H groups in total. The number of rotatable bonds is 0. The summed E-state index contributed by atoms with van der Waals surface area (Å²) in [4.78, 5) is 22.8. The summed E-state index contributed by atoms with van der Waals surface area (Å²) in [6.07, 6.45) is 7.04. The van der Waals surface area contributed by atoms with Gasteiger partial charge in [-0.15, -0.1) is 0 Å². The number of allylic oxidation sites excluding steroid dienone is 2. The summed E-state index contributed by atoms with van der Waals surface area (Å²) < 4.78 is -0.753. The summed E-state index contributed by atoms with van der Waals surface area (Å²) in [5.41, 5.74) is 4.67. The monoisotopic (exact) mass is 358 g/mol. The first-order chi connectivity index (χ1) is 6.14. The predicted octanol–water partition coefficient (Wildman–Crippen LogP) is -0.405. The summed E-state index contributed by atoms with van der Waals surface area (Å²) in [6.45, 7) is 0. The van der Waals surface area contributed by atoms with Crippen molar-refractivity contribution in [3.63, 3.8) is 0 Å². The summed E-state index contributed by atoms with van der Waals surface area (Å²) in [6, 6.07) is 0. The molecular weight excluding hydrogens is 351 g/mol. The summed E-state index contributed by atoms with van der Waals surface area (Å²) in [5.74, 6) is -0.748. The zero-order chi connectivity index (χ0) is 9.47. The van der Waals surface area contributed by atoms with Gasteiger partial charge in [-0.05, 0) is 0 Å². The van der Waals surface area contributed by atoms with Gasteiger partial charge in [0, 0.05) is 0 Å². The Morgan fingerprint density at radius 2 is 2.08 bits per heavy atom. The van der Waals surface area contributed by atoms with Crippen LogP contribution in [0.1, 0.15) is 0 Å². The second-order valence-corrected chi connectivity index (χ2v) is 4.76. The minimum absolute atomic E-state index is 0.171. The fraction of sp³-hybridized carbons (Fsp3) is 0.250. The van der Waals surface area contributed by atoms with E-state index in [0.717, 1.165) is 0 Å². The number of fused-ring (bicyclic) bond motifs is 1. The third kappa shape index (κ3) is 1.17. The van der Waals surface area contributed by atoms with Crippen LogP contribution in [0.5, 0.6) is 0 Å². The molecule has 2 rings (SSSR count). The molecule has 1 saturated heterocycles. The van der Waals surface area contributed by atoms with Crippen LogP contribution in [0.4, 0.5) is 0 Å². The van der Waals surface area contributed by atoms with E-state index in [2.05, 4.69) is 10.9 Å². The van der Waals surface area contributed by atoms with Crippen molar-refractivity contribution in [2.75, 3.05) is 0 Å². The Morgan fingerprint density at radius 1 is 1.31 bits per heavy atom. The molecule has 0 radical (unpaired) electrons. The van der Waals surface area contributed by atoms with Gasteiger partial charge in [0.2, 0.25) is 0 Å². The van der Waals surface area contributed by atoms with Crippen LogP contribution in [-0.4, -0.2) is 11.8 Å². The molecule has 2 unspecified atom stereocenters. The van der Waals surface area contributed by atoms with Crippen LogP contribution in [0, 0.1) is 5.92 Å². The molecule has 4 nitrogen and oxygen atoms in total. The maximum absolute atomic E-state index is 11.5. The van der Waals surface area contributed by atoms with E-state index >= 15 is 0 Å². The van der Waals surface area contributed by atoms with Gasteiger partial charge in [0.05, 0.1) is 0 Å². The first kappa shape index (κ1) is 8.70. The SMILES string of the molecule is O=C1NNC(=O)[C]2([Pt])C=CC=CC12. The van der Waals surface area contributed by atoms with Crippen molar-refractivity contribution in [3.8, 4) is 0 Å². The van der Waals surface area contributed by atoms with Gasteiger partial charge >= 0.3 is 86.1 Å². The Labute approximate surface area is 86.3 Å². The number of hydrogen-bond acceptors (Lipinski definition) is 2. The normalized spacial score (nSPS) is 36.6. The summed E-state index contributed by atoms with van der Waals surface area (Å²) in [5, 5.41) is 0. The Kier molecular flexibility index (Phi) is 1.88. The Hall–Kier alpha value is -0.892. The zero-order valence-corrected chi connectivity index (χ0v) is 8.79. The standard InChI is InChI=1S/C8H7N2O2.Pt/c11-7-5-3-1-2-4-6(5)8(12)10-9-7;/h1-5H,(H,9,11)(H,10,12);. The van der Waals surface area contributed by atoms with Crippen LogP contribution in [0.25, 0.3) is 0 Å². The number of hydrazine groups is 1. The van der Waals surface area contributed by atoms with Gasteiger partial charge in [-0.2, -0.15) is 0 Å². The van der Waals surface area contributed by atoms with Gasteiger partial charge in [-0.1, -0.05) is 0 Å². The first-order valence-corrected chi connectivity index (χ1v) is 4.90. The molecule has 1 aliphatic carbocycles. The van der Waals surface area contributed by atoms with Crippen molar-refractivity contribution in [2.24, 2.45) is 5.92 Å². The number of hydrogen-bond donors (Lipinski definition) is 2. The molecule has 1 heterocycles. The molecule has 71 valence electrons. The topological polar surface area (TPSA) is 58.2 Å². The van der Waals surface area contributed by atoms with Crippen molar-refractivity contribution >= 4 is 11.8 Å². The van der Waals surface area contributed by atoms with Gasteiger partial charge in [0.1, 0.15) is 0 Å². The van der Waals surface area contributed by atoms with Gasteiger partial charge in [0.25, 0.3) is 0 Å². The van der Waals surface area contributed by atoms with Gasteiger partial charge < -0.3 is 0 Å². The van der Waals surface area contributed by atoms with Gasteiger partial charge in [-0.25, -0.2) is 0 Å². The number of carbonyl (C=O) groups is 2. The molecule has 13 heavy (non-hydrogen) atoms. The Balaban J connectivity index is 2.43. The van der Waals surface area contributed by atoms with E-state index in [1.165, 1.54) is 0 Å². The van der Waals surface area contributed by atoms with Crippen LogP contribution < -0.4 is 10.9 Å². The van der Waals surface area contributed by atoms with Crippen LogP contribution in [0.2, 0.25) is 3.80 Å². The maximum atomic E-state index is 11.5. The average molecular weight is 358 g/mol. The van der Waals surface area contributed by atoms with Crippen molar-refractivity contribution < 1.29 is 29.4 Å². The van der Waals surface area contributed by atoms with Crippen molar-refractivity contribution in [1.82, 2.24) is 10.9 Å². The summed E-state index contributed by atoms with van der Waals surface area (Å²) >= 11 is 1.98. The first-order valence-electron chi connectivity index (χ1n) is 3.77. The van der Waals surface area contributed by atoms with E-state index in [9.17, 15) is 9.59 Å². The van der Waals surface area contributed by atoms with E-state index in [1.807, 2.05) is 19.8 Å². The number of carbonyl (C=O) groups excluding carboxylic acids is 2. The third-order valence-corrected chi connectivity index (χ3v) is 3.69. The second kappa shape index (κ2) is 2.81. The molecule has 2 atom stereocenters. The Morgan fingerprint density at radius 3 is 2.77 bits per heavy atom. The molecule has 0 aromatic heterocycles. The molecule has 1 aliphatic heterocycles. The Bertz CT molecular complexity index is 337. The zero-order valence-electron chi connectivity index (χ0n) is 6.52. The molecule has 2 amide bonds. The predicted molar refractivity (Wildman–Crippen MR) is 40.7 cm³/mol. The molecule has 0 saturated carbocycles. The second-order valence-electron chi connectivity index (χ2n) is 2.88. The number of amides is 2. The van der Waals surface area contributed by atoms with E-state index in [0.29, 0.717) is 0 Å². The molecule has 1 fully saturated rings. The van der Waals surface area contributed by atoms with Crippen LogP contribution in [0.15, 0.2) is 24.3 Å². The van der Waals surface area contributed by atoms with Crippen molar-refractivity contribution in [1.29, 1.82) is 0 Å². The molecular formula is C8H7N2O2Pt. The average Bonchev–Trinajstić information content (AvgIpc) is 2.12. The van der Waals surface area contributed by atoms with Crippen LogP contribution >= 0.6 is 0 Å². The summed E-state index contributed by atoms with van der Waals surface area (Å²) in [7, 11) is 0. The molecule has 0 spiro atoms. The van der Waals surface area contributed by atoms with E-state index in [-0.39, 0.29) is 11.8 Å². The van der Waals surface area contributed by atoms with E-state index in [1.54, 1.807) is 24.3 Å². The van der Waals surface area contributed by atoms with E-state index in [4.69, 9.17) is 0 Å². The molecule has 0 aromatic carbocycles. The van der Waals surface area contributed by atoms with Gasteiger partial charge in [-0.3, -0.25) is 0 Å². The minimum atomic E-state index is -0.753. The van der Waals surface area contributed by atoms with Crippen LogP contribution in [0.3, 0.4) is 0 Å². The quantitative estimate of drug-likeness (QED) is 0.619. The van der Waals surface area contributed by atoms with Crippen molar-refractivity contribution in [2.45, 2.75) is 3.80 Å². The molecule has 5 heteroatoms. The van der Waals surface area contributed by atoms with Crippen molar-refractivity contribution in [3.05, 3.63) is 24.3 Å². The molecule has 0 aromatic rings. The van der Waals surface area contributed by atoms with E-state index < -0.39 is 9.72 Å². The van der Waals surface area contributed by atoms with Gasteiger partial charge in [0.15, 0.2) is 0 Å².